The van der Waals surface area contributed by atoms with E-state index in [0.29, 0.717) is 10.6 Å². The Balaban J connectivity index is 1.75. The zero-order chi connectivity index (χ0) is 19.6. The first-order chi connectivity index (χ1) is 13.0. The first-order valence-electron chi connectivity index (χ1n) is 7.91. The average molecular weight is 390 g/mol. The number of nitrogens with zero attached hydrogens (tertiary/aromatic N) is 1. The van der Waals surface area contributed by atoms with Gasteiger partial charge < -0.3 is 14.8 Å². The molecule has 0 spiro atoms. The van der Waals surface area contributed by atoms with E-state index in [4.69, 9.17) is 9.47 Å². The number of amides is 1. The van der Waals surface area contributed by atoms with E-state index in [-0.39, 0.29) is 18.0 Å². The van der Waals surface area contributed by atoms with Crippen molar-refractivity contribution in [3.63, 3.8) is 0 Å². The second kappa shape index (κ2) is 10.2. The van der Waals surface area contributed by atoms with Gasteiger partial charge in [0.1, 0.15) is 5.75 Å². The summed E-state index contributed by atoms with van der Waals surface area (Å²) in [6.07, 6.45) is 0. The third-order valence-corrected chi connectivity index (χ3v) is 4.48. The number of hydrogen-bond acceptors (Lipinski definition) is 7. The summed E-state index contributed by atoms with van der Waals surface area (Å²) in [5, 5.41) is 13.6. The average Bonchev–Trinajstić information content (AvgIpc) is 2.69. The van der Waals surface area contributed by atoms with Crippen molar-refractivity contribution < 1.29 is 24.0 Å². The minimum atomic E-state index is -0.634. The van der Waals surface area contributed by atoms with Crippen molar-refractivity contribution >= 4 is 29.3 Å². The monoisotopic (exact) mass is 390 g/mol. The van der Waals surface area contributed by atoms with Crippen LogP contribution in [0.5, 0.6) is 5.75 Å². The van der Waals surface area contributed by atoms with Crippen LogP contribution in [-0.4, -0.2) is 36.3 Å². The molecule has 0 fully saturated rings. The Morgan fingerprint density at radius 3 is 2.59 bits per heavy atom. The molecular formula is C18H18N2O6S. The Bertz CT molecular complexity index is 827. The standard InChI is InChI=1S/C18H18N2O6S/c1-25-15-8-4-2-6-13(15)10-19-17(21)11-26-18(22)12-27-16-9-5-3-7-14(16)20(23)24/h2-9H,10-12H2,1H3,(H,19,21). The molecule has 0 saturated carbocycles. The zero-order valence-corrected chi connectivity index (χ0v) is 15.4. The van der Waals surface area contributed by atoms with E-state index in [2.05, 4.69) is 5.32 Å². The lowest BCUT2D eigenvalue weighted by Crippen LogP contribution is -2.28. The summed E-state index contributed by atoms with van der Waals surface area (Å²) in [6, 6.07) is 13.3. The van der Waals surface area contributed by atoms with Crippen molar-refractivity contribution in [3.8, 4) is 5.75 Å². The number of thioether (sulfide) groups is 1. The van der Waals surface area contributed by atoms with Gasteiger partial charge in [0.05, 0.1) is 22.7 Å². The molecule has 2 aromatic rings. The van der Waals surface area contributed by atoms with Gasteiger partial charge in [0.25, 0.3) is 11.6 Å². The number of para-hydroxylation sites is 2. The first kappa shape index (κ1) is 20.2. The number of carbonyl (C=O) groups excluding carboxylic acids is 2. The summed E-state index contributed by atoms with van der Waals surface area (Å²) in [5.41, 5.74) is 0.719. The van der Waals surface area contributed by atoms with Gasteiger partial charge in [0.15, 0.2) is 6.61 Å². The summed E-state index contributed by atoms with van der Waals surface area (Å²) in [7, 11) is 1.54. The van der Waals surface area contributed by atoms with Crippen molar-refractivity contribution in [2.24, 2.45) is 0 Å². The molecule has 0 aliphatic heterocycles. The Labute approximate surface area is 160 Å². The fourth-order valence-corrected chi connectivity index (χ4v) is 2.97. The molecule has 0 atom stereocenters. The van der Waals surface area contributed by atoms with Gasteiger partial charge in [-0.3, -0.25) is 19.7 Å². The second-order valence-corrected chi connectivity index (χ2v) is 6.28. The van der Waals surface area contributed by atoms with E-state index in [9.17, 15) is 19.7 Å². The maximum Gasteiger partial charge on any atom is 0.316 e. The highest BCUT2D eigenvalue weighted by Gasteiger charge is 2.15. The Hall–Kier alpha value is -3.07. The molecule has 0 aromatic heterocycles. The third-order valence-electron chi connectivity index (χ3n) is 3.44. The third kappa shape index (κ3) is 6.30. The van der Waals surface area contributed by atoms with Crippen LogP contribution in [0.4, 0.5) is 5.69 Å². The highest BCUT2D eigenvalue weighted by atomic mass is 32.2. The number of nitrogens with one attached hydrogen (secondary N) is 1. The predicted octanol–water partition coefficient (Wildman–Crippen LogP) is 2.56. The van der Waals surface area contributed by atoms with Gasteiger partial charge in [0, 0.05) is 18.2 Å². The molecule has 8 nitrogen and oxygen atoms in total. The van der Waals surface area contributed by atoms with Gasteiger partial charge in [-0.2, -0.15) is 0 Å². The number of carbonyl (C=O) groups is 2. The van der Waals surface area contributed by atoms with Gasteiger partial charge >= 0.3 is 5.97 Å². The number of nitro groups is 1. The Morgan fingerprint density at radius 2 is 1.85 bits per heavy atom. The maximum absolute atomic E-state index is 11.8. The molecule has 0 unspecified atom stereocenters. The summed E-state index contributed by atoms with van der Waals surface area (Å²) < 4.78 is 10.1. The first-order valence-corrected chi connectivity index (χ1v) is 8.90. The highest BCUT2D eigenvalue weighted by molar-refractivity contribution is 8.00. The van der Waals surface area contributed by atoms with Gasteiger partial charge in [0.2, 0.25) is 0 Å². The summed E-state index contributed by atoms with van der Waals surface area (Å²) in [4.78, 5) is 34.4. The van der Waals surface area contributed by atoms with Crippen LogP contribution in [0.2, 0.25) is 0 Å². The topological polar surface area (TPSA) is 108 Å². The summed E-state index contributed by atoms with van der Waals surface area (Å²) in [5.74, 6) is -0.573. The molecule has 0 heterocycles. The van der Waals surface area contributed by atoms with Crippen LogP contribution in [0.15, 0.2) is 53.4 Å². The molecule has 1 amide bonds. The lowest BCUT2D eigenvalue weighted by atomic mass is 10.2. The molecule has 0 aliphatic carbocycles. The number of methoxy groups -OCH3 is 1. The number of rotatable bonds is 9. The molecule has 0 saturated heterocycles. The second-order valence-electron chi connectivity index (χ2n) is 5.26. The van der Waals surface area contributed by atoms with Crippen LogP contribution < -0.4 is 10.1 Å². The van der Waals surface area contributed by atoms with E-state index >= 15 is 0 Å². The van der Waals surface area contributed by atoms with E-state index in [1.165, 1.54) is 13.2 Å². The minimum Gasteiger partial charge on any atom is -0.496 e. The fourth-order valence-electron chi connectivity index (χ4n) is 2.15. The molecule has 0 aliphatic rings. The molecule has 27 heavy (non-hydrogen) atoms. The van der Waals surface area contributed by atoms with Crippen LogP contribution in [0.1, 0.15) is 5.56 Å². The van der Waals surface area contributed by atoms with Gasteiger partial charge in [-0.1, -0.05) is 30.3 Å². The van der Waals surface area contributed by atoms with Crippen molar-refractivity contribution in [3.05, 3.63) is 64.2 Å². The van der Waals surface area contributed by atoms with E-state index in [0.717, 1.165) is 17.3 Å². The van der Waals surface area contributed by atoms with Crippen LogP contribution in [0, 0.1) is 10.1 Å². The summed E-state index contributed by atoms with van der Waals surface area (Å²) in [6.45, 7) is -0.184. The highest BCUT2D eigenvalue weighted by Crippen LogP contribution is 2.28. The molecule has 1 N–H and O–H groups in total. The van der Waals surface area contributed by atoms with Crippen LogP contribution >= 0.6 is 11.8 Å². The molecular weight excluding hydrogens is 372 g/mol. The zero-order valence-electron chi connectivity index (χ0n) is 14.5. The van der Waals surface area contributed by atoms with Crippen molar-refractivity contribution in [1.82, 2.24) is 5.32 Å². The lowest BCUT2D eigenvalue weighted by molar-refractivity contribution is -0.387. The quantitative estimate of drug-likeness (QED) is 0.303. The largest absolute Gasteiger partial charge is 0.496 e. The SMILES string of the molecule is COc1ccccc1CNC(=O)COC(=O)CSc1ccccc1[N+](=O)[O-]. The van der Waals surface area contributed by atoms with Gasteiger partial charge in [-0.25, -0.2) is 0 Å². The van der Waals surface area contributed by atoms with Crippen molar-refractivity contribution in [2.45, 2.75) is 11.4 Å². The van der Waals surface area contributed by atoms with Crippen LogP contribution in [0.25, 0.3) is 0 Å². The molecule has 0 radical (unpaired) electrons. The Morgan fingerprint density at radius 1 is 1.15 bits per heavy atom. The smallest absolute Gasteiger partial charge is 0.316 e. The van der Waals surface area contributed by atoms with E-state index in [1.807, 2.05) is 18.2 Å². The molecule has 142 valence electrons. The summed E-state index contributed by atoms with van der Waals surface area (Å²) >= 11 is 0.986. The van der Waals surface area contributed by atoms with Gasteiger partial charge in [-0.15, -0.1) is 11.8 Å². The minimum absolute atomic E-state index is 0.0788. The number of nitro benzene ring substituents is 1. The predicted molar refractivity (Wildman–Crippen MR) is 99.6 cm³/mol. The van der Waals surface area contributed by atoms with Crippen LogP contribution in [0.3, 0.4) is 0 Å². The van der Waals surface area contributed by atoms with E-state index < -0.39 is 23.4 Å². The molecule has 9 heteroatoms. The van der Waals surface area contributed by atoms with Crippen molar-refractivity contribution in [1.29, 1.82) is 0 Å². The Kier molecular flexibility index (Phi) is 7.63. The molecule has 0 bridgehead atoms. The number of ether oxygens (including phenoxy) is 2. The normalized spacial score (nSPS) is 10.1. The van der Waals surface area contributed by atoms with Crippen LogP contribution in [-0.2, 0) is 20.9 Å². The number of esters is 1. The van der Waals surface area contributed by atoms with E-state index in [1.54, 1.807) is 24.3 Å². The molecule has 2 rings (SSSR count). The number of hydrogen-bond donors (Lipinski definition) is 1. The number of benzene rings is 2. The van der Waals surface area contributed by atoms with Crippen molar-refractivity contribution in [2.75, 3.05) is 19.5 Å². The lowest BCUT2D eigenvalue weighted by Gasteiger charge is -2.10. The molecule has 2 aromatic carbocycles. The van der Waals surface area contributed by atoms with Gasteiger partial charge in [-0.05, 0) is 12.1 Å². The fraction of sp³-hybridized carbons (Fsp3) is 0.222. The maximum atomic E-state index is 11.8.